The van der Waals surface area contributed by atoms with Crippen molar-refractivity contribution >= 4 is 27.9 Å². The van der Waals surface area contributed by atoms with E-state index in [0.717, 1.165) is 0 Å². The first-order chi connectivity index (χ1) is 7.93. The number of amides is 2. The molecule has 5 nitrogen and oxygen atoms in total. The summed E-state index contributed by atoms with van der Waals surface area (Å²) in [4.78, 5) is 23.9. The monoisotopic (exact) mass is 300 g/mol. The molecular formula is C11H13BrN2O3. The van der Waals surface area contributed by atoms with Crippen LogP contribution in [-0.2, 0) is 4.79 Å². The smallest absolute Gasteiger partial charge is 0.331 e. The van der Waals surface area contributed by atoms with Gasteiger partial charge in [-0.2, -0.15) is 0 Å². The fraction of sp³-hybridized carbons (Fsp3) is 0.273. The number of nitrogens with zero attached hydrogens (tertiary/aromatic N) is 1. The van der Waals surface area contributed by atoms with E-state index in [2.05, 4.69) is 21.2 Å². The maximum atomic E-state index is 11.5. The number of aliphatic carboxylic acids is 1. The topological polar surface area (TPSA) is 69.6 Å². The molecule has 1 aromatic rings. The quantitative estimate of drug-likeness (QED) is 0.895. The Morgan fingerprint density at radius 3 is 2.41 bits per heavy atom. The van der Waals surface area contributed by atoms with E-state index in [1.807, 2.05) is 0 Å². The Morgan fingerprint density at radius 2 is 1.94 bits per heavy atom. The van der Waals surface area contributed by atoms with Gasteiger partial charge in [0.25, 0.3) is 0 Å². The Labute approximate surface area is 108 Å². The van der Waals surface area contributed by atoms with Gasteiger partial charge in [-0.3, -0.25) is 0 Å². The van der Waals surface area contributed by atoms with Crippen LogP contribution in [0.5, 0.6) is 0 Å². The molecule has 0 bridgehead atoms. The summed E-state index contributed by atoms with van der Waals surface area (Å²) in [6.07, 6.45) is 0. The van der Waals surface area contributed by atoms with Crippen molar-refractivity contribution in [2.75, 3.05) is 14.1 Å². The molecule has 17 heavy (non-hydrogen) atoms. The van der Waals surface area contributed by atoms with Crippen LogP contribution in [0.3, 0.4) is 0 Å². The van der Waals surface area contributed by atoms with Crippen LogP contribution < -0.4 is 5.32 Å². The molecule has 0 fully saturated rings. The molecule has 0 saturated heterocycles. The summed E-state index contributed by atoms with van der Waals surface area (Å²) in [5.74, 6) is -1.10. The van der Waals surface area contributed by atoms with Gasteiger partial charge in [0.2, 0.25) is 0 Å². The third-order valence-corrected chi connectivity index (χ3v) is 2.86. The van der Waals surface area contributed by atoms with Gasteiger partial charge in [0.1, 0.15) is 0 Å². The molecule has 1 rings (SSSR count). The van der Waals surface area contributed by atoms with Crippen molar-refractivity contribution in [3.63, 3.8) is 0 Å². The molecule has 0 spiro atoms. The zero-order valence-electron chi connectivity index (χ0n) is 9.48. The highest BCUT2D eigenvalue weighted by Gasteiger charge is 2.24. The minimum Gasteiger partial charge on any atom is -0.479 e. The lowest BCUT2D eigenvalue weighted by atomic mass is 10.1. The average molecular weight is 301 g/mol. The van der Waals surface area contributed by atoms with Crippen molar-refractivity contribution in [2.24, 2.45) is 0 Å². The largest absolute Gasteiger partial charge is 0.479 e. The Morgan fingerprint density at radius 1 is 1.35 bits per heavy atom. The lowest BCUT2D eigenvalue weighted by Crippen LogP contribution is -2.40. The van der Waals surface area contributed by atoms with E-state index in [9.17, 15) is 9.59 Å². The molecule has 0 aromatic heterocycles. The number of hydrogen-bond acceptors (Lipinski definition) is 2. The highest BCUT2D eigenvalue weighted by molar-refractivity contribution is 9.10. The Bertz CT molecular complexity index is 434. The van der Waals surface area contributed by atoms with E-state index in [-0.39, 0.29) is 0 Å². The molecule has 2 amide bonds. The fourth-order valence-corrected chi connectivity index (χ4v) is 1.75. The van der Waals surface area contributed by atoms with Crippen LogP contribution in [-0.4, -0.2) is 36.1 Å². The molecule has 2 N–H and O–H groups in total. The lowest BCUT2D eigenvalue weighted by Gasteiger charge is -2.19. The maximum Gasteiger partial charge on any atom is 0.331 e. The zero-order valence-corrected chi connectivity index (χ0v) is 11.1. The third kappa shape index (κ3) is 3.45. The van der Waals surface area contributed by atoms with Crippen LogP contribution in [0.15, 0.2) is 28.7 Å². The van der Waals surface area contributed by atoms with Crippen molar-refractivity contribution in [3.8, 4) is 0 Å². The summed E-state index contributed by atoms with van der Waals surface area (Å²) in [5.41, 5.74) is 0.509. The van der Waals surface area contributed by atoms with Gasteiger partial charge in [0.05, 0.1) is 0 Å². The molecule has 1 unspecified atom stereocenters. The molecule has 0 radical (unpaired) electrons. The van der Waals surface area contributed by atoms with Gasteiger partial charge in [-0.1, -0.05) is 34.1 Å². The van der Waals surface area contributed by atoms with Gasteiger partial charge in [-0.25, -0.2) is 9.59 Å². The third-order valence-electron chi connectivity index (χ3n) is 2.14. The Balaban J connectivity index is 2.99. The van der Waals surface area contributed by atoms with Gasteiger partial charge >= 0.3 is 12.0 Å². The lowest BCUT2D eigenvalue weighted by molar-refractivity contribution is -0.139. The molecule has 1 atom stereocenters. The zero-order chi connectivity index (χ0) is 13.0. The normalized spacial score (nSPS) is 11.7. The Hall–Kier alpha value is -1.56. The van der Waals surface area contributed by atoms with E-state index in [0.29, 0.717) is 10.0 Å². The summed E-state index contributed by atoms with van der Waals surface area (Å²) in [6.45, 7) is 0. The van der Waals surface area contributed by atoms with E-state index in [4.69, 9.17) is 5.11 Å². The highest BCUT2D eigenvalue weighted by Crippen LogP contribution is 2.23. The number of carbonyl (C=O) groups is 2. The molecule has 1 aromatic carbocycles. The van der Waals surface area contributed by atoms with Gasteiger partial charge in [-0.05, 0) is 11.6 Å². The first-order valence-electron chi connectivity index (χ1n) is 4.88. The predicted molar refractivity (Wildman–Crippen MR) is 66.7 cm³/mol. The minimum atomic E-state index is -1.10. The van der Waals surface area contributed by atoms with Crippen molar-refractivity contribution in [2.45, 2.75) is 6.04 Å². The van der Waals surface area contributed by atoms with Crippen LogP contribution in [0, 0.1) is 0 Å². The second kappa shape index (κ2) is 5.67. The molecule has 0 aliphatic rings. The van der Waals surface area contributed by atoms with E-state index >= 15 is 0 Å². The summed E-state index contributed by atoms with van der Waals surface area (Å²) in [7, 11) is 3.10. The standard InChI is InChI=1S/C11H13BrN2O3/c1-14(2)11(17)13-9(10(15)16)7-5-3-4-6-8(7)12/h3-6,9H,1-2H3,(H,13,17)(H,15,16). The van der Waals surface area contributed by atoms with Crippen LogP contribution >= 0.6 is 15.9 Å². The summed E-state index contributed by atoms with van der Waals surface area (Å²) in [6, 6.07) is 5.36. The second-order valence-corrected chi connectivity index (χ2v) is 4.49. The van der Waals surface area contributed by atoms with Crippen molar-refractivity contribution in [3.05, 3.63) is 34.3 Å². The van der Waals surface area contributed by atoms with Crippen LogP contribution in [0.2, 0.25) is 0 Å². The molecule has 6 heteroatoms. The highest BCUT2D eigenvalue weighted by atomic mass is 79.9. The molecule has 0 heterocycles. The van der Waals surface area contributed by atoms with Gasteiger partial charge < -0.3 is 15.3 Å². The van der Waals surface area contributed by atoms with Crippen molar-refractivity contribution in [1.29, 1.82) is 0 Å². The van der Waals surface area contributed by atoms with E-state index in [1.54, 1.807) is 38.4 Å². The number of nitrogens with one attached hydrogen (secondary N) is 1. The predicted octanol–water partition coefficient (Wildman–Crippen LogP) is 1.85. The number of carboxylic acids is 1. The van der Waals surface area contributed by atoms with Gasteiger partial charge in [0.15, 0.2) is 6.04 Å². The first kappa shape index (κ1) is 13.5. The van der Waals surface area contributed by atoms with E-state index in [1.165, 1.54) is 4.90 Å². The number of carbonyl (C=O) groups excluding carboxylic acids is 1. The second-order valence-electron chi connectivity index (χ2n) is 3.64. The summed E-state index contributed by atoms with van der Waals surface area (Å²) < 4.78 is 0.645. The summed E-state index contributed by atoms with van der Waals surface area (Å²) >= 11 is 3.26. The van der Waals surface area contributed by atoms with Crippen molar-refractivity contribution in [1.82, 2.24) is 10.2 Å². The number of urea groups is 1. The molecule has 92 valence electrons. The number of carboxylic acid groups (broad SMARTS) is 1. The van der Waals surface area contributed by atoms with Crippen LogP contribution in [0.25, 0.3) is 0 Å². The maximum absolute atomic E-state index is 11.5. The van der Waals surface area contributed by atoms with E-state index < -0.39 is 18.0 Å². The number of rotatable bonds is 3. The number of hydrogen-bond donors (Lipinski definition) is 2. The van der Waals surface area contributed by atoms with Crippen LogP contribution in [0.1, 0.15) is 11.6 Å². The molecule has 0 aliphatic carbocycles. The SMILES string of the molecule is CN(C)C(=O)NC(C(=O)O)c1ccccc1Br. The number of benzene rings is 1. The minimum absolute atomic E-state index is 0.451. The Kier molecular flexibility index (Phi) is 4.51. The van der Waals surface area contributed by atoms with Gasteiger partial charge in [-0.15, -0.1) is 0 Å². The molecular weight excluding hydrogens is 288 g/mol. The summed E-state index contributed by atoms with van der Waals surface area (Å²) in [5, 5.41) is 11.6. The molecule has 0 aliphatic heterocycles. The van der Waals surface area contributed by atoms with Crippen LogP contribution in [0.4, 0.5) is 4.79 Å². The average Bonchev–Trinajstić information content (AvgIpc) is 2.26. The van der Waals surface area contributed by atoms with Crippen molar-refractivity contribution < 1.29 is 14.7 Å². The fourth-order valence-electron chi connectivity index (χ4n) is 1.23. The number of halogens is 1. The molecule has 0 saturated carbocycles. The first-order valence-corrected chi connectivity index (χ1v) is 5.68. The van der Waals surface area contributed by atoms with Gasteiger partial charge in [0, 0.05) is 18.6 Å².